The van der Waals surface area contributed by atoms with E-state index in [1.54, 1.807) is 0 Å². The molecule has 17 heavy (non-hydrogen) atoms. The Balaban J connectivity index is 2.35. The van der Waals surface area contributed by atoms with Crippen LogP contribution in [0.1, 0.15) is 50.6 Å². The van der Waals surface area contributed by atoms with Crippen molar-refractivity contribution >= 4 is 23.2 Å². The Bertz CT molecular complexity index is 397. The number of hydrogen-bond acceptors (Lipinski definition) is 1. The van der Waals surface area contributed by atoms with E-state index in [0.717, 1.165) is 17.0 Å². The number of rotatable bonds is 3. The maximum atomic E-state index is 6.47. The van der Waals surface area contributed by atoms with Crippen molar-refractivity contribution in [1.29, 1.82) is 0 Å². The summed E-state index contributed by atoms with van der Waals surface area (Å²) in [5.74, 6) is 0. The molecule has 1 aromatic carbocycles. The highest BCUT2D eigenvalue weighted by Crippen LogP contribution is 2.50. The fourth-order valence-electron chi connectivity index (χ4n) is 3.05. The van der Waals surface area contributed by atoms with Gasteiger partial charge in [-0.2, -0.15) is 0 Å². The summed E-state index contributed by atoms with van der Waals surface area (Å²) in [4.78, 5) is 0. The van der Waals surface area contributed by atoms with Crippen molar-refractivity contribution < 1.29 is 0 Å². The average Bonchev–Trinajstić information content (AvgIpc) is 2.81. The van der Waals surface area contributed by atoms with Crippen molar-refractivity contribution in [2.75, 3.05) is 0 Å². The molecule has 0 heterocycles. The van der Waals surface area contributed by atoms with Crippen LogP contribution in [0.3, 0.4) is 0 Å². The van der Waals surface area contributed by atoms with Crippen molar-refractivity contribution in [3.63, 3.8) is 0 Å². The monoisotopic (exact) mass is 271 g/mol. The van der Waals surface area contributed by atoms with Crippen molar-refractivity contribution in [3.05, 3.63) is 33.8 Å². The normalized spacial score (nSPS) is 20.5. The second-order valence-corrected chi connectivity index (χ2v) is 5.91. The Kier molecular flexibility index (Phi) is 4.02. The quantitative estimate of drug-likeness (QED) is 0.826. The summed E-state index contributed by atoms with van der Waals surface area (Å²) in [5, 5.41) is 1.45. The maximum absolute atomic E-state index is 6.47. The Labute approximate surface area is 113 Å². The van der Waals surface area contributed by atoms with E-state index in [-0.39, 0.29) is 11.5 Å². The predicted octanol–water partition coefficient (Wildman–Crippen LogP) is 4.96. The van der Waals surface area contributed by atoms with E-state index in [1.807, 2.05) is 18.2 Å². The van der Waals surface area contributed by atoms with Crippen LogP contribution in [0.15, 0.2) is 18.2 Å². The summed E-state index contributed by atoms with van der Waals surface area (Å²) in [5.41, 5.74) is 7.69. The molecule has 3 heteroatoms. The van der Waals surface area contributed by atoms with E-state index < -0.39 is 0 Å². The topological polar surface area (TPSA) is 26.0 Å². The summed E-state index contributed by atoms with van der Waals surface area (Å²) in [6, 6.07) is 5.58. The average molecular weight is 272 g/mol. The standard InChI is InChI=1S/C14H19Cl2N/c1-2-14(7-3-4-8-14)13(17)11-9-10(15)5-6-12(11)16/h5-6,9,13H,2-4,7-8,17H2,1H3. The third-order valence-electron chi connectivity index (χ3n) is 4.26. The summed E-state index contributed by atoms with van der Waals surface area (Å²) < 4.78 is 0. The van der Waals surface area contributed by atoms with Crippen LogP contribution >= 0.6 is 23.2 Å². The van der Waals surface area contributed by atoms with Crippen molar-refractivity contribution in [2.45, 2.75) is 45.1 Å². The summed E-state index contributed by atoms with van der Waals surface area (Å²) in [7, 11) is 0. The minimum Gasteiger partial charge on any atom is -0.323 e. The molecule has 0 aliphatic heterocycles. The summed E-state index contributed by atoms with van der Waals surface area (Å²) >= 11 is 12.3. The molecule has 2 rings (SSSR count). The molecule has 1 saturated carbocycles. The van der Waals surface area contributed by atoms with E-state index in [0.29, 0.717) is 5.02 Å². The zero-order valence-electron chi connectivity index (χ0n) is 10.2. The van der Waals surface area contributed by atoms with E-state index in [2.05, 4.69) is 6.92 Å². The van der Waals surface area contributed by atoms with E-state index in [9.17, 15) is 0 Å². The van der Waals surface area contributed by atoms with Gasteiger partial charge in [0.25, 0.3) is 0 Å². The highest BCUT2D eigenvalue weighted by atomic mass is 35.5. The van der Waals surface area contributed by atoms with Gasteiger partial charge in [-0.25, -0.2) is 0 Å². The fourth-order valence-corrected chi connectivity index (χ4v) is 3.46. The van der Waals surface area contributed by atoms with Crippen LogP contribution in [0.25, 0.3) is 0 Å². The first-order valence-electron chi connectivity index (χ1n) is 6.29. The molecule has 0 radical (unpaired) electrons. The predicted molar refractivity (Wildman–Crippen MR) is 74.6 cm³/mol. The number of benzene rings is 1. The van der Waals surface area contributed by atoms with E-state index >= 15 is 0 Å². The molecule has 0 aromatic heterocycles. The zero-order chi connectivity index (χ0) is 12.5. The van der Waals surface area contributed by atoms with Gasteiger partial charge in [0.15, 0.2) is 0 Å². The van der Waals surface area contributed by atoms with Crippen molar-refractivity contribution in [3.8, 4) is 0 Å². The molecule has 0 saturated heterocycles. The van der Waals surface area contributed by atoms with Gasteiger partial charge in [-0.15, -0.1) is 0 Å². The van der Waals surface area contributed by atoms with Gasteiger partial charge in [-0.3, -0.25) is 0 Å². The lowest BCUT2D eigenvalue weighted by molar-refractivity contribution is 0.222. The van der Waals surface area contributed by atoms with Crippen LogP contribution in [0.5, 0.6) is 0 Å². The van der Waals surface area contributed by atoms with Crippen LogP contribution in [-0.4, -0.2) is 0 Å². The fraction of sp³-hybridized carbons (Fsp3) is 0.571. The highest BCUT2D eigenvalue weighted by molar-refractivity contribution is 6.33. The lowest BCUT2D eigenvalue weighted by Crippen LogP contribution is -2.31. The number of hydrogen-bond donors (Lipinski definition) is 1. The van der Waals surface area contributed by atoms with Gasteiger partial charge in [0, 0.05) is 16.1 Å². The lowest BCUT2D eigenvalue weighted by Gasteiger charge is -2.35. The van der Waals surface area contributed by atoms with E-state index in [1.165, 1.54) is 25.7 Å². The Morgan fingerprint density at radius 2 is 1.94 bits per heavy atom. The van der Waals surface area contributed by atoms with Gasteiger partial charge in [0.05, 0.1) is 0 Å². The molecule has 1 unspecified atom stereocenters. The molecule has 0 spiro atoms. The molecule has 1 aromatic rings. The molecule has 94 valence electrons. The largest absolute Gasteiger partial charge is 0.323 e. The first kappa shape index (κ1) is 13.2. The minimum absolute atomic E-state index is 0.00111. The van der Waals surface area contributed by atoms with Gasteiger partial charge in [-0.05, 0) is 48.4 Å². The molecular formula is C14H19Cl2N. The third kappa shape index (κ3) is 2.47. The van der Waals surface area contributed by atoms with Crippen LogP contribution in [0, 0.1) is 5.41 Å². The Hall–Kier alpha value is -0.240. The Morgan fingerprint density at radius 3 is 2.53 bits per heavy atom. The zero-order valence-corrected chi connectivity index (χ0v) is 11.7. The van der Waals surface area contributed by atoms with Gasteiger partial charge >= 0.3 is 0 Å². The van der Waals surface area contributed by atoms with E-state index in [4.69, 9.17) is 28.9 Å². The van der Waals surface area contributed by atoms with Gasteiger partial charge in [-0.1, -0.05) is 43.0 Å². The Morgan fingerprint density at radius 1 is 1.29 bits per heavy atom. The number of halogens is 2. The van der Waals surface area contributed by atoms with Gasteiger partial charge < -0.3 is 5.73 Å². The number of nitrogens with two attached hydrogens (primary N) is 1. The molecule has 1 nitrogen and oxygen atoms in total. The summed E-state index contributed by atoms with van der Waals surface area (Å²) in [6.07, 6.45) is 6.07. The van der Waals surface area contributed by atoms with Crippen molar-refractivity contribution in [2.24, 2.45) is 11.1 Å². The van der Waals surface area contributed by atoms with Crippen LogP contribution < -0.4 is 5.73 Å². The van der Waals surface area contributed by atoms with Crippen LogP contribution in [-0.2, 0) is 0 Å². The molecule has 1 fully saturated rings. The van der Waals surface area contributed by atoms with Crippen LogP contribution in [0.2, 0.25) is 10.0 Å². The highest BCUT2D eigenvalue weighted by Gasteiger charge is 2.39. The minimum atomic E-state index is 0.00111. The van der Waals surface area contributed by atoms with Gasteiger partial charge in [0.1, 0.15) is 0 Å². The smallest absolute Gasteiger partial charge is 0.0454 e. The van der Waals surface area contributed by atoms with Crippen molar-refractivity contribution in [1.82, 2.24) is 0 Å². The SMILES string of the molecule is CCC1(C(N)c2cc(Cl)ccc2Cl)CCCC1. The van der Waals surface area contributed by atoms with Crippen LogP contribution in [0.4, 0.5) is 0 Å². The second kappa shape index (κ2) is 5.17. The first-order chi connectivity index (χ1) is 8.09. The molecule has 2 N–H and O–H groups in total. The molecule has 0 amide bonds. The lowest BCUT2D eigenvalue weighted by atomic mass is 9.74. The second-order valence-electron chi connectivity index (χ2n) is 5.07. The maximum Gasteiger partial charge on any atom is 0.0454 e. The molecule has 1 atom stereocenters. The van der Waals surface area contributed by atoms with Gasteiger partial charge in [0.2, 0.25) is 0 Å². The molecule has 1 aliphatic carbocycles. The first-order valence-corrected chi connectivity index (χ1v) is 7.05. The third-order valence-corrected chi connectivity index (χ3v) is 4.84. The summed E-state index contributed by atoms with van der Waals surface area (Å²) in [6.45, 7) is 2.23. The molecule has 1 aliphatic rings. The molecule has 0 bridgehead atoms. The molecular weight excluding hydrogens is 253 g/mol.